The second-order valence-electron chi connectivity index (χ2n) is 4.72. The molecule has 0 heterocycles. The van der Waals surface area contributed by atoms with Crippen LogP contribution < -0.4 is 10.1 Å². The van der Waals surface area contributed by atoms with Crippen LogP contribution in [0.2, 0.25) is 10.0 Å². The normalized spacial score (nSPS) is 10.8. The smallest absolute Gasteiger partial charge is 0.266 e. The molecule has 2 aromatic rings. The van der Waals surface area contributed by atoms with Crippen molar-refractivity contribution in [1.29, 1.82) is 5.26 Å². The lowest BCUT2D eigenvalue weighted by Gasteiger charge is -2.07. The molecule has 0 aliphatic heterocycles. The number of nitrogens with one attached hydrogen (secondary N) is 1. The van der Waals surface area contributed by atoms with Gasteiger partial charge in [0.25, 0.3) is 5.91 Å². The molecule has 0 aliphatic carbocycles. The van der Waals surface area contributed by atoms with Crippen LogP contribution >= 0.6 is 23.2 Å². The third-order valence-electron chi connectivity index (χ3n) is 3.07. The third kappa shape index (κ3) is 4.51. The van der Waals surface area contributed by atoms with E-state index in [1.165, 1.54) is 6.08 Å². The molecule has 0 atom stereocenters. The average molecular weight is 361 g/mol. The van der Waals surface area contributed by atoms with E-state index in [-0.39, 0.29) is 5.57 Å². The van der Waals surface area contributed by atoms with Crippen LogP contribution in [0.15, 0.2) is 48.0 Å². The van der Waals surface area contributed by atoms with Gasteiger partial charge in [0, 0.05) is 5.69 Å². The SMILES string of the molecule is CCOc1ccc(NC(=O)/C(C#N)=C\c2cccc(Cl)c2Cl)cc1. The monoisotopic (exact) mass is 360 g/mol. The highest BCUT2D eigenvalue weighted by atomic mass is 35.5. The molecule has 0 saturated heterocycles. The number of rotatable bonds is 5. The summed E-state index contributed by atoms with van der Waals surface area (Å²) in [6, 6.07) is 13.7. The lowest BCUT2D eigenvalue weighted by Crippen LogP contribution is -2.13. The molecule has 1 amide bonds. The number of nitrogens with zero attached hydrogens (tertiary/aromatic N) is 1. The summed E-state index contributed by atoms with van der Waals surface area (Å²) in [7, 11) is 0. The van der Waals surface area contributed by atoms with Crippen LogP contribution in [0, 0.1) is 11.3 Å². The molecular formula is C18H14Cl2N2O2. The Hall–Kier alpha value is -2.48. The van der Waals surface area contributed by atoms with Crippen LogP contribution in [0.3, 0.4) is 0 Å². The number of amides is 1. The second-order valence-corrected chi connectivity index (χ2v) is 5.51. The number of ether oxygens (including phenoxy) is 1. The lowest BCUT2D eigenvalue weighted by molar-refractivity contribution is -0.112. The zero-order valence-corrected chi connectivity index (χ0v) is 14.4. The maximum Gasteiger partial charge on any atom is 0.266 e. The van der Waals surface area contributed by atoms with Crippen molar-refractivity contribution >= 4 is 40.9 Å². The first kappa shape index (κ1) is 17.9. The molecule has 0 aliphatic rings. The number of carbonyl (C=O) groups is 1. The fourth-order valence-corrected chi connectivity index (χ4v) is 2.30. The molecule has 6 heteroatoms. The summed E-state index contributed by atoms with van der Waals surface area (Å²) in [5.41, 5.74) is 0.984. The zero-order valence-electron chi connectivity index (χ0n) is 12.8. The molecule has 0 unspecified atom stereocenters. The number of hydrogen-bond acceptors (Lipinski definition) is 3. The standard InChI is InChI=1S/C18H14Cl2N2O2/c1-2-24-15-8-6-14(7-9-15)22-18(23)13(11-21)10-12-4-3-5-16(19)17(12)20/h3-10H,2H2,1H3,(H,22,23)/b13-10-. The number of anilines is 1. The summed E-state index contributed by atoms with van der Waals surface area (Å²) >= 11 is 12.0. The highest BCUT2D eigenvalue weighted by Gasteiger charge is 2.11. The zero-order chi connectivity index (χ0) is 17.5. The Kier molecular flexibility index (Phi) is 6.25. The number of hydrogen-bond donors (Lipinski definition) is 1. The first-order valence-corrected chi connectivity index (χ1v) is 7.90. The van der Waals surface area contributed by atoms with Gasteiger partial charge in [-0.05, 0) is 48.9 Å². The van der Waals surface area contributed by atoms with Gasteiger partial charge in [-0.2, -0.15) is 5.26 Å². The molecule has 0 bridgehead atoms. The number of benzene rings is 2. The van der Waals surface area contributed by atoms with Crippen molar-refractivity contribution in [3.05, 3.63) is 63.6 Å². The van der Waals surface area contributed by atoms with E-state index in [1.54, 1.807) is 42.5 Å². The maximum atomic E-state index is 12.2. The average Bonchev–Trinajstić information content (AvgIpc) is 2.58. The molecule has 2 rings (SSSR count). The van der Waals surface area contributed by atoms with Crippen molar-refractivity contribution in [2.45, 2.75) is 6.92 Å². The molecule has 4 nitrogen and oxygen atoms in total. The summed E-state index contributed by atoms with van der Waals surface area (Å²) in [6.07, 6.45) is 1.40. The Morgan fingerprint density at radius 2 is 1.96 bits per heavy atom. The van der Waals surface area contributed by atoms with Crippen molar-refractivity contribution in [1.82, 2.24) is 0 Å². The Balaban J connectivity index is 2.18. The largest absolute Gasteiger partial charge is 0.494 e. The maximum absolute atomic E-state index is 12.2. The van der Waals surface area contributed by atoms with Crippen LogP contribution in [0.25, 0.3) is 6.08 Å². The number of carbonyl (C=O) groups excluding carboxylic acids is 1. The van der Waals surface area contributed by atoms with Crippen LogP contribution in [-0.4, -0.2) is 12.5 Å². The summed E-state index contributed by atoms with van der Waals surface area (Å²) in [5.74, 6) is 0.176. The lowest BCUT2D eigenvalue weighted by atomic mass is 10.1. The summed E-state index contributed by atoms with van der Waals surface area (Å²) in [4.78, 5) is 12.2. The molecule has 0 radical (unpaired) electrons. The number of nitriles is 1. The van der Waals surface area contributed by atoms with Crippen molar-refractivity contribution in [2.24, 2.45) is 0 Å². The van der Waals surface area contributed by atoms with Crippen LogP contribution in [0.1, 0.15) is 12.5 Å². The molecule has 2 aromatic carbocycles. The van der Waals surface area contributed by atoms with Gasteiger partial charge in [0.05, 0.1) is 16.7 Å². The highest BCUT2D eigenvalue weighted by molar-refractivity contribution is 6.43. The fraction of sp³-hybridized carbons (Fsp3) is 0.111. The van der Waals surface area contributed by atoms with E-state index in [1.807, 2.05) is 13.0 Å². The van der Waals surface area contributed by atoms with E-state index in [0.29, 0.717) is 33.7 Å². The molecule has 0 fully saturated rings. The van der Waals surface area contributed by atoms with E-state index in [4.69, 9.17) is 27.9 Å². The minimum atomic E-state index is -0.530. The van der Waals surface area contributed by atoms with Crippen LogP contribution in [0.4, 0.5) is 5.69 Å². The van der Waals surface area contributed by atoms with E-state index < -0.39 is 5.91 Å². The van der Waals surface area contributed by atoms with Gasteiger partial charge < -0.3 is 10.1 Å². The van der Waals surface area contributed by atoms with Gasteiger partial charge in [0.15, 0.2) is 0 Å². The molecule has 0 spiro atoms. The molecule has 1 N–H and O–H groups in total. The Morgan fingerprint density at radius 3 is 2.58 bits per heavy atom. The fourth-order valence-electron chi connectivity index (χ4n) is 1.94. The molecule has 24 heavy (non-hydrogen) atoms. The summed E-state index contributed by atoms with van der Waals surface area (Å²) in [6.45, 7) is 2.45. The Labute approximate surface area is 150 Å². The summed E-state index contributed by atoms with van der Waals surface area (Å²) in [5, 5.41) is 12.5. The van der Waals surface area contributed by atoms with Gasteiger partial charge >= 0.3 is 0 Å². The van der Waals surface area contributed by atoms with Gasteiger partial charge in [0.2, 0.25) is 0 Å². The minimum Gasteiger partial charge on any atom is -0.494 e. The van der Waals surface area contributed by atoms with Crippen molar-refractivity contribution in [3.8, 4) is 11.8 Å². The molecule has 122 valence electrons. The van der Waals surface area contributed by atoms with Gasteiger partial charge in [-0.25, -0.2) is 0 Å². The first-order valence-electron chi connectivity index (χ1n) is 7.15. The molecule has 0 aromatic heterocycles. The van der Waals surface area contributed by atoms with Crippen LogP contribution in [0.5, 0.6) is 5.75 Å². The van der Waals surface area contributed by atoms with Crippen LogP contribution in [-0.2, 0) is 4.79 Å². The van der Waals surface area contributed by atoms with E-state index in [2.05, 4.69) is 5.32 Å². The van der Waals surface area contributed by atoms with Gasteiger partial charge in [-0.1, -0.05) is 35.3 Å². The van der Waals surface area contributed by atoms with E-state index >= 15 is 0 Å². The minimum absolute atomic E-state index is 0.0759. The topological polar surface area (TPSA) is 62.1 Å². The van der Waals surface area contributed by atoms with Gasteiger partial charge in [-0.15, -0.1) is 0 Å². The van der Waals surface area contributed by atoms with E-state index in [9.17, 15) is 10.1 Å². The Morgan fingerprint density at radius 1 is 1.25 bits per heavy atom. The quantitative estimate of drug-likeness (QED) is 0.606. The van der Waals surface area contributed by atoms with Gasteiger partial charge in [-0.3, -0.25) is 4.79 Å². The Bertz CT molecular complexity index is 809. The first-order chi connectivity index (χ1) is 11.5. The predicted octanol–water partition coefficient (Wildman–Crippen LogP) is 4.94. The van der Waals surface area contributed by atoms with Crippen molar-refractivity contribution < 1.29 is 9.53 Å². The summed E-state index contributed by atoms with van der Waals surface area (Å²) < 4.78 is 5.33. The van der Waals surface area contributed by atoms with E-state index in [0.717, 1.165) is 0 Å². The predicted molar refractivity (Wildman–Crippen MR) is 96.3 cm³/mol. The van der Waals surface area contributed by atoms with Gasteiger partial charge in [0.1, 0.15) is 17.4 Å². The number of halogens is 2. The third-order valence-corrected chi connectivity index (χ3v) is 3.90. The molecule has 0 saturated carbocycles. The second kappa shape index (κ2) is 8.39. The molecular weight excluding hydrogens is 347 g/mol. The van der Waals surface area contributed by atoms with Crippen molar-refractivity contribution in [3.63, 3.8) is 0 Å². The highest BCUT2D eigenvalue weighted by Crippen LogP contribution is 2.27. The van der Waals surface area contributed by atoms with Crippen molar-refractivity contribution in [2.75, 3.05) is 11.9 Å².